The number of nitrogen functional groups attached to an aromatic ring is 1. The first-order valence-corrected chi connectivity index (χ1v) is 8.71. The number of aromatic nitrogens is 2. The molecule has 3 aromatic rings. The van der Waals surface area contributed by atoms with Crippen molar-refractivity contribution in [3.63, 3.8) is 0 Å². The van der Waals surface area contributed by atoms with Crippen LogP contribution in [-0.4, -0.2) is 22.5 Å². The highest BCUT2D eigenvalue weighted by Crippen LogP contribution is 2.22. The number of aromatic amines is 1. The van der Waals surface area contributed by atoms with E-state index in [0.717, 1.165) is 10.4 Å². The molecule has 0 fully saturated rings. The van der Waals surface area contributed by atoms with E-state index in [4.69, 9.17) is 5.73 Å². The molecule has 3 N–H and O–H groups in total. The van der Waals surface area contributed by atoms with Crippen molar-refractivity contribution < 1.29 is 4.79 Å². The highest BCUT2D eigenvalue weighted by atomic mass is 32.1. The maximum atomic E-state index is 12.7. The van der Waals surface area contributed by atoms with Gasteiger partial charge in [0.05, 0.1) is 11.4 Å². The number of hydrogen-bond donors (Lipinski definition) is 2. The first kappa shape index (κ1) is 17.7. The van der Waals surface area contributed by atoms with Gasteiger partial charge in [-0.25, -0.2) is 4.79 Å². The van der Waals surface area contributed by atoms with Crippen LogP contribution < -0.4 is 21.9 Å². The number of thiophene rings is 1. The van der Waals surface area contributed by atoms with Crippen LogP contribution in [0.4, 0.5) is 11.5 Å². The second-order valence-electron chi connectivity index (χ2n) is 5.84. The zero-order valence-electron chi connectivity index (χ0n) is 14.4. The van der Waals surface area contributed by atoms with Crippen molar-refractivity contribution in [2.24, 2.45) is 0 Å². The summed E-state index contributed by atoms with van der Waals surface area (Å²) >= 11 is 1.33. The number of hydrogen-bond acceptors (Lipinski definition) is 5. The van der Waals surface area contributed by atoms with Crippen molar-refractivity contribution >= 4 is 28.7 Å². The van der Waals surface area contributed by atoms with E-state index < -0.39 is 11.2 Å². The molecule has 0 aliphatic rings. The van der Waals surface area contributed by atoms with Crippen LogP contribution in [0.1, 0.15) is 20.1 Å². The van der Waals surface area contributed by atoms with Crippen molar-refractivity contribution in [1.29, 1.82) is 0 Å². The van der Waals surface area contributed by atoms with Crippen LogP contribution in [-0.2, 0) is 6.54 Å². The topological polar surface area (TPSA) is 101 Å². The molecule has 3 rings (SSSR count). The van der Waals surface area contributed by atoms with Gasteiger partial charge in [0, 0.05) is 11.9 Å². The van der Waals surface area contributed by atoms with Gasteiger partial charge in [-0.2, -0.15) is 0 Å². The Kier molecular flexibility index (Phi) is 4.77. The van der Waals surface area contributed by atoms with Crippen LogP contribution in [0.15, 0.2) is 52.1 Å². The van der Waals surface area contributed by atoms with Gasteiger partial charge >= 0.3 is 5.69 Å². The maximum absolute atomic E-state index is 12.7. The molecule has 0 unspecified atom stereocenters. The van der Waals surface area contributed by atoms with Crippen molar-refractivity contribution in [1.82, 2.24) is 9.55 Å². The molecule has 0 atom stereocenters. The molecule has 0 spiro atoms. The minimum Gasteiger partial charge on any atom is -0.383 e. The number of carbonyl (C=O) groups excluding carboxylic acids is 1. The fourth-order valence-corrected chi connectivity index (χ4v) is 3.48. The predicted octanol–water partition coefficient (Wildman–Crippen LogP) is 1.81. The zero-order valence-corrected chi connectivity index (χ0v) is 15.2. The van der Waals surface area contributed by atoms with Crippen LogP contribution in [0.3, 0.4) is 0 Å². The lowest BCUT2D eigenvalue weighted by molar-refractivity contribution is 0.0996. The summed E-state index contributed by atoms with van der Waals surface area (Å²) < 4.78 is 1.25. The Balaban J connectivity index is 2.04. The summed E-state index contributed by atoms with van der Waals surface area (Å²) in [5.41, 5.74) is 5.60. The fraction of sp³-hybridized carbons (Fsp3) is 0.167. The standard InChI is InChI=1S/C18H18N4O3S/c1-11-8-9-13(26-11)17(24)21(2)14-15(19)22(18(25)20-16(14)23)10-12-6-4-3-5-7-12/h3-9H,10,19H2,1-2H3,(H,20,23,25). The van der Waals surface area contributed by atoms with Crippen molar-refractivity contribution in [3.8, 4) is 0 Å². The lowest BCUT2D eigenvalue weighted by Gasteiger charge is -2.20. The number of amides is 1. The molecule has 7 nitrogen and oxygen atoms in total. The third-order valence-corrected chi connectivity index (χ3v) is 4.98. The van der Waals surface area contributed by atoms with E-state index in [0.29, 0.717) is 4.88 Å². The average molecular weight is 370 g/mol. The Morgan fingerprint density at radius 2 is 1.88 bits per heavy atom. The Labute approximate surface area is 153 Å². The van der Waals surface area contributed by atoms with E-state index in [9.17, 15) is 14.4 Å². The molecule has 2 aromatic heterocycles. The fourth-order valence-electron chi connectivity index (χ4n) is 2.64. The number of H-pyrrole nitrogens is 1. The van der Waals surface area contributed by atoms with E-state index in [1.807, 2.05) is 43.3 Å². The smallest absolute Gasteiger partial charge is 0.330 e. The molecule has 26 heavy (non-hydrogen) atoms. The summed E-state index contributed by atoms with van der Waals surface area (Å²) in [4.78, 5) is 42.1. The summed E-state index contributed by atoms with van der Waals surface area (Å²) in [6.45, 7) is 2.08. The number of aryl methyl sites for hydroxylation is 1. The van der Waals surface area contributed by atoms with Crippen LogP contribution in [0.2, 0.25) is 0 Å². The summed E-state index contributed by atoms with van der Waals surface area (Å²) in [6, 6.07) is 12.8. The van der Waals surface area contributed by atoms with Gasteiger partial charge in [-0.1, -0.05) is 30.3 Å². The molecule has 1 aromatic carbocycles. The highest BCUT2D eigenvalue weighted by Gasteiger charge is 2.23. The largest absolute Gasteiger partial charge is 0.383 e. The number of nitrogens with one attached hydrogen (secondary N) is 1. The van der Waals surface area contributed by atoms with Gasteiger partial charge in [0.15, 0.2) is 5.69 Å². The lowest BCUT2D eigenvalue weighted by Crippen LogP contribution is -2.39. The molecule has 0 radical (unpaired) electrons. The number of rotatable bonds is 4. The first-order valence-electron chi connectivity index (χ1n) is 7.89. The average Bonchev–Trinajstić information content (AvgIpc) is 3.05. The van der Waals surface area contributed by atoms with E-state index in [1.54, 1.807) is 6.07 Å². The molecule has 134 valence electrons. The summed E-state index contributed by atoms with van der Waals surface area (Å²) in [7, 11) is 1.47. The Hall–Kier alpha value is -3.13. The second kappa shape index (κ2) is 7.01. The first-order chi connectivity index (χ1) is 12.4. The normalized spacial score (nSPS) is 10.7. The van der Waals surface area contributed by atoms with E-state index in [-0.39, 0.29) is 24.0 Å². The number of nitrogens with zero attached hydrogens (tertiary/aromatic N) is 2. The minimum absolute atomic E-state index is 0.0448. The SMILES string of the molecule is Cc1ccc(C(=O)N(C)c2c(N)n(Cc3ccccc3)c(=O)[nH]c2=O)s1. The number of anilines is 2. The van der Waals surface area contributed by atoms with Crippen molar-refractivity contribution in [2.45, 2.75) is 13.5 Å². The quantitative estimate of drug-likeness (QED) is 0.731. The van der Waals surface area contributed by atoms with Crippen molar-refractivity contribution in [2.75, 3.05) is 17.7 Å². The number of nitrogens with two attached hydrogens (primary N) is 1. The van der Waals surface area contributed by atoms with Gasteiger partial charge in [-0.05, 0) is 24.6 Å². The van der Waals surface area contributed by atoms with Gasteiger partial charge in [0.25, 0.3) is 11.5 Å². The molecule has 0 aliphatic carbocycles. The lowest BCUT2D eigenvalue weighted by atomic mass is 10.2. The molecule has 8 heteroatoms. The zero-order chi connectivity index (χ0) is 18.8. The van der Waals surface area contributed by atoms with Crippen LogP contribution >= 0.6 is 11.3 Å². The van der Waals surface area contributed by atoms with Gasteiger partial charge in [-0.15, -0.1) is 11.3 Å². The Morgan fingerprint density at radius 1 is 1.19 bits per heavy atom. The molecular weight excluding hydrogens is 352 g/mol. The van der Waals surface area contributed by atoms with Crippen LogP contribution in [0.25, 0.3) is 0 Å². The Morgan fingerprint density at radius 3 is 2.50 bits per heavy atom. The number of benzene rings is 1. The van der Waals surface area contributed by atoms with E-state index >= 15 is 0 Å². The number of carbonyl (C=O) groups is 1. The van der Waals surface area contributed by atoms with E-state index in [2.05, 4.69) is 4.98 Å². The molecule has 0 aliphatic heterocycles. The Bertz CT molecular complexity index is 1070. The van der Waals surface area contributed by atoms with Gasteiger partial charge in [0.1, 0.15) is 5.82 Å². The van der Waals surface area contributed by atoms with Crippen LogP contribution in [0, 0.1) is 6.92 Å². The minimum atomic E-state index is -0.694. The monoisotopic (exact) mass is 370 g/mol. The predicted molar refractivity (Wildman–Crippen MR) is 103 cm³/mol. The third-order valence-electron chi connectivity index (χ3n) is 3.99. The maximum Gasteiger partial charge on any atom is 0.330 e. The molecule has 0 saturated carbocycles. The summed E-state index contributed by atoms with van der Waals surface area (Å²) in [5.74, 6) is -0.406. The summed E-state index contributed by atoms with van der Waals surface area (Å²) in [6.07, 6.45) is 0. The van der Waals surface area contributed by atoms with Gasteiger partial charge < -0.3 is 10.6 Å². The molecule has 2 heterocycles. The highest BCUT2D eigenvalue weighted by molar-refractivity contribution is 7.14. The van der Waals surface area contributed by atoms with Gasteiger partial charge in [0.2, 0.25) is 0 Å². The van der Waals surface area contributed by atoms with Gasteiger partial charge in [-0.3, -0.25) is 19.1 Å². The van der Waals surface area contributed by atoms with Crippen LogP contribution in [0.5, 0.6) is 0 Å². The molecule has 0 bridgehead atoms. The molecular formula is C18H18N4O3S. The molecule has 1 amide bonds. The third kappa shape index (κ3) is 3.31. The summed E-state index contributed by atoms with van der Waals surface area (Å²) in [5, 5.41) is 0. The molecule has 0 saturated heterocycles. The van der Waals surface area contributed by atoms with E-state index in [1.165, 1.54) is 27.9 Å². The van der Waals surface area contributed by atoms with Crippen molar-refractivity contribution in [3.05, 3.63) is 78.6 Å². The second-order valence-corrected chi connectivity index (χ2v) is 7.13.